The molecule has 0 heterocycles. The number of aromatic carboxylic acids is 1. The average molecular weight is 291 g/mol. The quantitative estimate of drug-likeness (QED) is 0.743. The molecule has 0 aromatic heterocycles. The minimum Gasteiger partial charge on any atom is -0.478 e. The molecule has 0 unspecified atom stereocenters. The highest BCUT2D eigenvalue weighted by Gasteiger charge is 2.41. The molecule has 20 heavy (non-hydrogen) atoms. The molecule has 0 amide bonds. The van der Waals surface area contributed by atoms with Gasteiger partial charge < -0.3 is 10.4 Å². The maximum atomic E-state index is 11.6. The first-order valence-corrected chi connectivity index (χ1v) is 8.45. The monoisotopic (exact) mass is 291 g/mol. The molecule has 2 saturated carbocycles. The molecule has 0 spiro atoms. The number of carbonyl (C=O) groups is 1. The summed E-state index contributed by atoms with van der Waals surface area (Å²) in [4.78, 5) is 12.5. The first-order chi connectivity index (χ1) is 9.70. The molecule has 2 aliphatic rings. The highest BCUT2D eigenvalue weighted by molar-refractivity contribution is 7.99. The minimum absolute atomic E-state index is 0.450. The van der Waals surface area contributed by atoms with Crippen molar-refractivity contribution in [1.29, 1.82) is 0 Å². The van der Waals surface area contributed by atoms with Crippen LogP contribution in [0.15, 0.2) is 23.1 Å². The standard InChI is InChI=1S/C16H21NO2S/c1-2-20-13-5-3-4-12(14(13)16(18)19)17-15(10-6-7-10)11-8-9-11/h3-5,10-11,15,17H,2,6-9H2,1H3,(H,18,19). The highest BCUT2D eigenvalue weighted by atomic mass is 32.2. The van der Waals surface area contributed by atoms with Crippen LogP contribution in [0.4, 0.5) is 5.69 Å². The molecule has 4 heteroatoms. The maximum absolute atomic E-state index is 11.6. The fraction of sp³-hybridized carbons (Fsp3) is 0.562. The molecule has 0 aliphatic heterocycles. The Morgan fingerprint density at radius 1 is 1.35 bits per heavy atom. The van der Waals surface area contributed by atoms with E-state index in [0.717, 1.165) is 28.2 Å². The average Bonchev–Trinajstić information content (AvgIpc) is 3.28. The van der Waals surface area contributed by atoms with Gasteiger partial charge in [0.2, 0.25) is 0 Å². The Morgan fingerprint density at radius 3 is 2.50 bits per heavy atom. The maximum Gasteiger partial charge on any atom is 0.338 e. The van der Waals surface area contributed by atoms with Crippen molar-refractivity contribution in [3.8, 4) is 0 Å². The van der Waals surface area contributed by atoms with E-state index < -0.39 is 5.97 Å². The number of thioether (sulfide) groups is 1. The summed E-state index contributed by atoms with van der Waals surface area (Å²) in [6, 6.07) is 6.27. The van der Waals surface area contributed by atoms with E-state index >= 15 is 0 Å². The number of carboxylic acid groups (broad SMARTS) is 1. The van der Waals surface area contributed by atoms with Crippen molar-refractivity contribution in [2.24, 2.45) is 11.8 Å². The van der Waals surface area contributed by atoms with Gasteiger partial charge in [-0.2, -0.15) is 0 Å². The fourth-order valence-corrected chi connectivity index (χ4v) is 3.69. The Balaban J connectivity index is 1.87. The first-order valence-electron chi connectivity index (χ1n) is 7.46. The Hall–Kier alpha value is -1.16. The van der Waals surface area contributed by atoms with Gasteiger partial charge in [0.25, 0.3) is 0 Å². The predicted molar refractivity (Wildman–Crippen MR) is 82.7 cm³/mol. The van der Waals surface area contributed by atoms with Crippen molar-refractivity contribution >= 4 is 23.4 Å². The number of rotatable bonds is 7. The van der Waals surface area contributed by atoms with Gasteiger partial charge in [0.05, 0.1) is 11.3 Å². The number of nitrogens with one attached hydrogen (secondary N) is 1. The lowest BCUT2D eigenvalue weighted by Gasteiger charge is -2.21. The van der Waals surface area contributed by atoms with Crippen LogP contribution in [0.2, 0.25) is 0 Å². The highest BCUT2D eigenvalue weighted by Crippen LogP contribution is 2.46. The zero-order valence-corrected chi connectivity index (χ0v) is 12.6. The van der Waals surface area contributed by atoms with Crippen molar-refractivity contribution in [3.63, 3.8) is 0 Å². The Morgan fingerprint density at radius 2 is 2.00 bits per heavy atom. The summed E-state index contributed by atoms with van der Waals surface area (Å²) in [6.45, 7) is 2.05. The molecule has 3 rings (SSSR count). The lowest BCUT2D eigenvalue weighted by atomic mass is 10.1. The molecular formula is C16H21NO2S. The van der Waals surface area contributed by atoms with Gasteiger partial charge in [-0.15, -0.1) is 11.8 Å². The second kappa shape index (κ2) is 5.68. The van der Waals surface area contributed by atoms with Crippen molar-refractivity contribution in [3.05, 3.63) is 23.8 Å². The van der Waals surface area contributed by atoms with Crippen molar-refractivity contribution < 1.29 is 9.90 Å². The molecule has 1 aromatic carbocycles. The minimum atomic E-state index is -0.825. The third kappa shape index (κ3) is 2.95. The van der Waals surface area contributed by atoms with Crippen LogP contribution < -0.4 is 5.32 Å². The number of carboxylic acids is 1. The smallest absolute Gasteiger partial charge is 0.338 e. The Bertz CT molecular complexity index is 497. The summed E-state index contributed by atoms with van der Waals surface area (Å²) in [7, 11) is 0. The molecule has 0 radical (unpaired) electrons. The largest absolute Gasteiger partial charge is 0.478 e. The summed E-state index contributed by atoms with van der Waals surface area (Å²) < 4.78 is 0. The van der Waals surface area contributed by atoms with E-state index in [4.69, 9.17) is 0 Å². The molecular weight excluding hydrogens is 270 g/mol. The van der Waals surface area contributed by atoms with Crippen LogP contribution in [-0.2, 0) is 0 Å². The van der Waals surface area contributed by atoms with Crippen LogP contribution >= 0.6 is 11.8 Å². The summed E-state index contributed by atoms with van der Waals surface area (Å²) >= 11 is 1.60. The molecule has 3 nitrogen and oxygen atoms in total. The van der Waals surface area contributed by atoms with Crippen LogP contribution in [0, 0.1) is 11.8 Å². The van der Waals surface area contributed by atoms with Crippen LogP contribution in [0.25, 0.3) is 0 Å². The topological polar surface area (TPSA) is 49.3 Å². The Kier molecular flexibility index (Phi) is 3.92. The predicted octanol–water partition coefficient (Wildman–Crippen LogP) is 4.10. The van der Waals surface area contributed by atoms with Gasteiger partial charge in [0.1, 0.15) is 0 Å². The van der Waals surface area contributed by atoms with E-state index in [9.17, 15) is 9.90 Å². The van der Waals surface area contributed by atoms with E-state index in [1.807, 2.05) is 25.1 Å². The molecule has 108 valence electrons. The Labute approximate surface area is 124 Å². The molecule has 2 N–H and O–H groups in total. The van der Waals surface area contributed by atoms with E-state index in [0.29, 0.717) is 11.6 Å². The second-order valence-corrected chi connectivity index (χ2v) is 7.07. The number of hydrogen-bond acceptors (Lipinski definition) is 3. The number of benzene rings is 1. The van der Waals surface area contributed by atoms with E-state index in [-0.39, 0.29) is 0 Å². The molecule has 2 fully saturated rings. The SMILES string of the molecule is CCSc1cccc(NC(C2CC2)C2CC2)c1C(=O)O. The second-order valence-electron chi connectivity index (χ2n) is 5.76. The zero-order valence-electron chi connectivity index (χ0n) is 11.8. The van der Waals surface area contributed by atoms with Gasteiger partial charge in [-0.3, -0.25) is 0 Å². The summed E-state index contributed by atoms with van der Waals surface area (Å²) in [5.41, 5.74) is 1.26. The van der Waals surface area contributed by atoms with Crippen molar-refractivity contribution in [2.75, 3.05) is 11.1 Å². The van der Waals surface area contributed by atoms with Crippen molar-refractivity contribution in [2.45, 2.75) is 43.5 Å². The van der Waals surface area contributed by atoms with Gasteiger partial charge in [-0.05, 0) is 55.4 Å². The fourth-order valence-electron chi connectivity index (χ4n) is 2.86. The molecule has 0 atom stereocenters. The molecule has 1 aromatic rings. The van der Waals surface area contributed by atoms with Crippen molar-refractivity contribution in [1.82, 2.24) is 0 Å². The third-order valence-electron chi connectivity index (χ3n) is 4.12. The lowest BCUT2D eigenvalue weighted by molar-refractivity contribution is 0.0694. The summed E-state index contributed by atoms with van der Waals surface area (Å²) in [5.74, 6) is 1.57. The van der Waals surface area contributed by atoms with Gasteiger partial charge in [-0.1, -0.05) is 13.0 Å². The zero-order chi connectivity index (χ0) is 14.1. The van der Waals surface area contributed by atoms with Crippen LogP contribution in [-0.4, -0.2) is 22.9 Å². The molecule has 0 bridgehead atoms. The van der Waals surface area contributed by atoms with Crippen LogP contribution in [0.3, 0.4) is 0 Å². The van der Waals surface area contributed by atoms with Gasteiger partial charge >= 0.3 is 5.97 Å². The summed E-state index contributed by atoms with van der Waals surface area (Å²) in [6.07, 6.45) is 5.17. The van der Waals surface area contributed by atoms with Crippen LogP contribution in [0.1, 0.15) is 43.0 Å². The third-order valence-corrected chi connectivity index (χ3v) is 5.06. The first kappa shape index (κ1) is 13.8. The molecule has 0 saturated heterocycles. The van der Waals surface area contributed by atoms with Gasteiger partial charge in [0, 0.05) is 10.9 Å². The number of hydrogen-bond donors (Lipinski definition) is 2. The van der Waals surface area contributed by atoms with E-state index in [1.165, 1.54) is 25.7 Å². The van der Waals surface area contributed by atoms with E-state index in [2.05, 4.69) is 5.32 Å². The summed E-state index contributed by atoms with van der Waals surface area (Å²) in [5, 5.41) is 13.1. The lowest BCUT2D eigenvalue weighted by Crippen LogP contribution is -2.25. The van der Waals surface area contributed by atoms with Crippen LogP contribution in [0.5, 0.6) is 0 Å². The van der Waals surface area contributed by atoms with Gasteiger partial charge in [0.15, 0.2) is 0 Å². The molecule has 2 aliphatic carbocycles. The normalized spacial score (nSPS) is 18.3. The number of anilines is 1. The van der Waals surface area contributed by atoms with Gasteiger partial charge in [-0.25, -0.2) is 4.79 Å². The van der Waals surface area contributed by atoms with E-state index in [1.54, 1.807) is 11.8 Å².